The smallest absolute Gasteiger partial charge is 0.263 e. The van der Waals surface area contributed by atoms with Gasteiger partial charge in [-0.15, -0.1) is 11.3 Å². The topological polar surface area (TPSA) is 23.6 Å². The average Bonchev–Trinajstić information content (AvgIpc) is 3.28. The first-order chi connectivity index (χ1) is 14.2. The summed E-state index contributed by atoms with van der Waals surface area (Å²) in [6.07, 6.45) is 1.94. The zero-order chi connectivity index (χ0) is 19.8. The van der Waals surface area contributed by atoms with E-state index in [4.69, 9.17) is 0 Å². The van der Waals surface area contributed by atoms with Gasteiger partial charge in [0.05, 0.1) is 10.9 Å². The van der Waals surface area contributed by atoms with Gasteiger partial charge in [-0.2, -0.15) is 0 Å². The van der Waals surface area contributed by atoms with E-state index in [1.165, 1.54) is 23.0 Å². The van der Waals surface area contributed by atoms with Gasteiger partial charge in [0.1, 0.15) is 5.82 Å². The normalized spacial score (nSPS) is 20.5. The third-order valence-electron chi connectivity index (χ3n) is 6.41. The summed E-state index contributed by atoms with van der Waals surface area (Å²) in [5, 5.41) is 1.95. The standard InChI is InChI=1S/C24H23FN2OS/c25-19-8-4-9-20(16-19)27-17-24(22(27)18-6-2-1-3-7-18)11-13-26(14-12-24)23(28)21-10-5-15-29-21/h1-10,15-16,22H,11-14,17H2. The van der Waals surface area contributed by atoms with Crippen molar-refractivity contribution in [1.82, 2.24) is 4.90 Å². The zero-order valence-corrected chi connectivity index (χ0v) is 16.9. The van der Waals surface area contributed by atoms with E-state index in [1.807, 2.05) is 34.5 Å². The van der Waals surface area contributed by atoms with Crippen LogP contribution in [0.1, 0.15) is 34.1 Å². The number of amides is 1. The van der Waals surface area contributed by atoms with Crippen molar-refractivity contribution >= 4 is 22.9 Å². The Labute approximate surface area is 174 Å². The summed E-state index contributed by atoms with van der Waals surface area (Å²) in [7, 11) is 0. The molecule has 2 aliphatic heterocycles. The fourth-order valence-electron chi connectivity index (χ4n) is 4.94. The number of likely N-dealkylation sites (tertiary alicyclic amines) is 1. The Morgan fingerprint density at radius 1 is 1.00 bits per heavy atom. The molecule has 1 atom stereocenters. The Morgan fingerprint density at radius 2 is 1.79 bits per heavy atom. The van der Waals surface area contributed by atoms with Crippen molar-refractivity contribution in [3.63, 3.8) is 0 Å². The number of anilines is 1. The lowest BCUT2D eigenvalue weighted by Crippen LogP contribution is -2.62. The minimum atomic E-state index is -0.202. The van der Waals surface area contributed by atoms with Crippen LogP contribution in [0.3, 0.4) is 0 Å². The highest BCUT2D eigenvalue weighted by atomic mass is 32.1. The van der Waals surface area contributed by atoms with Gasteiger partial charge in [-0.1, -0.05) is 42.5 Å². The molecule has 3 heterocycles. The molecule has 0 saturated carbocycles. The van der Waals surface area contributed by atoms with E-state index in [0.29, 0.717) is 0 Å². The van der Waals surface area contributed by atoms with E-state index in [9.17, 15) is 9.18 Å². The van der Waals surface area contributed by atoms with Gasteiger partial charge in [-0.05, 0) is 48.1 Å². The molecule has 29 heavy (non-hydrogen) atoms. The molecule has 1 unspecified atom stereocenters. The van der Waals surface area contributed by atoms with E-state index >= 15 is 0 Å². The van der Waals surface area contributed by atoms with Gasteiger partial charge in [-0.25, -0.2) is 4.39 Å². The quantitative estimate of drug-likeness (QED) is 0.584. The summed E-state index contributed by atoms with van der Waals surface area (Å²) in [4.78, 5) is 17.9. The summed E-state index contributed by atoms with van der Waals surface area (Å²) in [5.74, 6) is -0.0564. The molecule has 2 fully saturated rings. The zero-order valence-electron chi connectivity index (χ0n) is 16.1. The first-order valence-corrected chi connectivity index (χ1v) is 10.9. The molecule has 2 saturated heterocycles. The number of carbonyl (C=O) groups is 1. The van der Waals surface area contributed by atoms with Crippen LogP contribution in [-0.2, 0) is 0 Å². The second-order valence-corrected chi connectivity index (χ2v) is 9.00. The number of thiophene rings is 1. The van der Waals surface area contributed by atoms with Crippen LogP contribution >= 0.6 is 11.3 Å². The number of hydrogen-bond acceptors (Lipinski definition) is 3. The van der Waals surface area contributed by atoms with Crippen molar-refractivity contribution < 1.29 is 9.18 Å². The van der Waals surface area contributed by atoms with Crippen LogP contribution in [0.2, 0.25) is 0 Å². The largest absolute Gasteiger partial charge is 0.363 e. The van der Waals surface area contributed by atoms with Gasteiger partial charge in [0.15, 0.2) is 0 Å². The maximum Gasteiger partial charge on any atom is 0.263 e. The van der Waals surface area contributed by atoms with Gasteiger partial charge < -0.3 is 9.80 Å². The van der Waals surface area contributed by atoms with Crippen LogP contribution in [0, 0.1) is 11.2 Å². The lowest BCUT2D eigenvalue weighted by Gasteiger charge is -2.61. The van der Waals surface area contributed by atoms with E-state index in [-0.39, 0.29) is 23.2 Å². The predicted molar refractivity (Wildman–Crippen MR) is 115 cm³/mol. The van der Waals surface area contributed by atoms with Crippen LogP contribution in [0.5, 0.6) is 0 Å². The van der Waals surface area contributed by atoms with Crippen LogP contribution in [0.4, 0.5) is 10.1 Å². The number of hydrogen-bond donors (Lipinski definition) is 0. The molecule has 5 heteroatoms. The van der Waals surface area contributed by atoms with E-state index in [0.717, 1.165) is 43.0 Å². The minimum Gasteiger partial charge on any atom is -0.363 e. The van der Waals surface area contributed by atoms with Crippen molar-refractivity contribution in [3.05, 3.63) is 88.4 Å². The van der Waals surface area contributed by atoms with Crippen LogP contribution in [0.15, 0.2) is 72.1 Å². The molecule has 1 aromatic heterocycles. The Hall–Kier alpha value is -2.66. The first-order valence-electron chi connectivity index (χ1n) is 10.1. The summed E-state index contributed by atoms with van der Waals surface area (Å²) in [6, 6.07) is 21.4. The first kappa shape index (κ1) is 18.4. The molecule has 3 aromatic rings. The SMILES string of the molecule is O=C(c1cccs1)N1CCC2(CC1)CN(c1cccc(F)c1)C2c1ccccc1. The highest BCUT2D eigenvalue weighted by Gasteiger charge is 2.54. The van der Waals surface area contributed by atoms with Gasteiger partial charge in [0.2, 0.25) is 0 Å². The number of halogens is 1. The molecule has 1 spiro atoms. The number of rotatable bonds is 3. The third kappa shape index (κ3) is 3.23. The van der Waals surface area contributed by atoms with Crippen molar-refractivity contribution in [1.29, 1.82) is 0 Å². The fourth-order valence-corrected chi connectivity index (χ4v) is 5.63. The van der Waals surface area contributed by atoms with E-state index in [2.05, 4.69) is 29.2 Å². The molecule has 3 nitrogen and oxygen atoms in total. The fraction of sp³-hybridized carbons (Fsp3) is 0.292. The Kier molecular flexibility index (Phi) is 4.63. The Balaban J connectivity index is 1.39. The van der Waals surface area contributed by atoms with Crippen molar-refractivity contribution in [3.8, 4) is 0 Å². The molecule has 148 valence electrons. The molecule has 0 aliphatic carbocycles. The van der Waals surface area contributed by atoms with Crippen LogP contribution in [-0.4, -0.2) is 30.4 Å². The Morgan fingerprint density at radius 3 is 2.48 bits per heavy atom. The van der Waals surface area contributed by atoms with Gasteiger partial charge in [-0.3, -0.25) is 4.79 Å². The molecular weight excluding hydrogens is 383 g/mol. The number of carbonyl (C=O) groups excluding carboxylic acids is 1. The minimum absolute atomic E-state index is 0.125. The number of piperidine rings is 1. The molecule has 1 amide bonds. The molecule has 0 bridgehead atoms. The highest BCUT2D eigenvalue weighted by molar-refractivity contribution is 7.12. The molecule has 5 rings (SSSR count). The van der Waals surface area contributed by atoms with Crippen LogP contribution in [0.25, 0.3) is 0 Å². The lowest BCUT2D eigenvalue weighted by atomic mass is 9.63. The van der Waals surface area contributed by atoms with Crippen LogP contribution < -0.4 is 4.90 Å². The third-order valence-corrected chi connectivity index (χ3v) is 7.27. The van der Waals surface area contributed by atoms with E-state index < -0.39 is 0 Å². The average molecular weight is 407 g/mol. The van der Waals surface area contributed by atoms with E-state index in [1.54, 1.807) is 12.1 Å². The molecular formula is C24H23FN2OS. The van der Waals surface area contributed by atoms with Gasteiger partial charge >= 0.3 is 0 Å². The maximum absolute atomic E-state index is 13.9. The van der Waals surface area contributed by atoms with Crippen molar-refractivity contribution in [2.45, 2.75) is 18.9 Å². The summed E-state index contributed by atoms with van der Waals surface area (Å²) in [6.45, 7) is 2.45. The monoisotopic (exact) mass is 406 g/mol. The van der Waals surface area contributed by atoms with Crippen molar-refractivity contribution in [2.24, 2.45) is 5.41 Å². The summed E-state index contributed by atoms with van der Waals surface area (Å²) < 4.78 is 13.9. The number of benzene rings is 2. The molecule has 2 aliphatic rings. The molecule has 0 N–H and O–H groups in total. The highest BCUT2D eigenvalue weighted by Crippen LogP contribution is 2.56. The predicted octanol–water partition coefficient (Wildman–Crippen LogP) is 5.37. The van der Waals surface area contributed by atoms with Crippen molar-refractivity contribution in [2.75, 3.05) is 24.5 Å². The second-order valence-electron chi connectivity index (χ2n) is 8.05. The second kappa shape index (κ2) is 7.30. The van der Waals surface area contributed by atoms with Gasteiger partial charge in [0, 0.05) is 30.7 Å². The molecule has 2 aromatic carbocycles. The summed E-state index contributed by atoms with van der Waals surface area (Å²) in [5.41, 5.74) is 2.32. The summed E-state index contributed by atoms with van der Waals surface area (Å²) >= 11 is 1.51. The maximum atomic E-state index is 13.9. The molecule has 0 radical (unpaired) electrons. The lowest BCUT2D eigenvalue weighted by molar-refractivity contribution is 0.0274. The van der Waals surface area contributed by atoms with Gasteiger partial charge in [0.25, 0.3) is 5.91 Å². The Bertz CT molecular complexity index is 997. The number of nitrogens with zero attached hydrogens (tertiary/aromatic N) is 2.